The van der Waals surface area contributed by atoms with Crippen LogP contribution in [0.2, 0.25) is 0 Å². The van der Waals surface area contributed by atoms with Gasteiger partial charge in [0.1, 0.15) is 0 Å². The van der Waals surface area contributed by atoms with Gasteiger partial charge in [-0.1, -0.05) is 38.7 Å². The van der Waals surface area contributed by atoms with Crippen molar-refractivity contribution in [3.63, 3.8) is 0 Å². The molecule has 0 heterocycles. The Labute approximate surface area is 114 Å². The second-order valence-electron chi connectivity index (χ2n) is 4.22. The molecule has 0 aromatic heterocycles. The van der Waals surface area contributed by atoms with Crippen molar-refractivity contribution in [2.24, 2.45) is 0 Å². The van der Waals surface area contributed by atoms with Crippen molar-refractivity contribution in [2.75, 3.05) is 0 Å². The Morgan fingerprint density at radius 2 is 1.00 bits per heavy atom. The second-order valence-corrected chi connectivity index (χ2v) is 4.22. The van der Waals surface area contributed by atoms with Crippen molar-refractivity contribution in [3.05, 3.63) is 12.8 Å². The molecular formula is C11H13F9O. The molecule has 0 aliphatic heterocycles. The van der Waals surface area contributed by atoms with E-state index in [-0.39, 0.29) is 6.26 Å². The lowest BCUT2D eigenvalue weighted by Gasteiger charge is -2.32. The zero-order valence-electron chi connectivity index (χ0n) is 10.6. The van der Waals surface area contributed by atoms with E-state index in [1.54, 1.807) is 0 Å². The van der Waals surface area contributed by atoms with Crippen LogP contribution in [0.4, 0.5) is 39.5 Å². The minimum atomic E-state index is -6.94. The van der Waals surface area contributed by atoms with Crippen LogP contribution in [0.1, 0.15) is 32.1 Å². The van der Waals surface area contributed by atoms with Gasteiger partial charge in [0.2, 0.25) is 0 Å². The van der Waals surface area contributed by atoms with Crippen molar-refractivity contribution in [2.45, 2.75) is 56.2 Å². The first-order valence-corrected chi connectivity index (χ1v) is 5.80. The van der Waals surface area contributed by atoms with Gasteiger partial charge in [-0.2, -0.15) is 39.5 Å². The molecule has 1 aliphatic rings. The van der Waals surface area contributed by atoms with E-state index < -0.39 is 24.1 Å². The molecule has 0 spiro atoms. The van der Waals surface area contributed by atoms with Gasteiger partial charge in [-0.25, -0.2) is 0 Å². The highest BCUT2D eigenvalue weighted by molar-refractivity contribution is 4.97. The lowest BCUT2D eigenvalue weighted by molar-refractivity contribution is -0.435. The summed E-state index contributed by atoms with van der Waals surface area (Å²) in [5.74, 6) is -13.7. The maximum atomic E-state index is 12.3. The fourth-order valence-corrected chi connectivity index (χ4v) is 1.42. The van der Waals surface area contributed by atoms with Crippen molar-refractivity contribution >= 4 is 0 Å². The molecule has 126 valence electrons. The van der Waals surface area contributed by atoms with Gasteiger partial charge in [-0.15, -0.1) is 0 Å². The maximum Gasteiger partial charge on any atom is 0.470 e. The van der Waals surface area contributed by atoms with E-state index in [1.807, 2.05) is 0 Å². The standard InChI is InChI=1S/C6H3F9O.C5H10/c1-2-16-6(14,15)4(9,10)3(7,8)5(11,12)13;1-2-4-5-3-1/h2H,1H2;1-5H2. The number of rotatable bonds is 4. The SMILES string of the molecule is C1CCCC1.C=COC(F)(F)C(F)(F)C(F)(F)C(F)(F)F. The van der Waals surface area contributed by atoms with Crippen LogP contribution in [0.25, 0.3) is 0 Å². The van der Waals surface area contributed by atoms with Gasteiger partial charge in [-0.05, 0) is 0 Å². The van der Waals surface area contributed by atoms with Gasteiger partial charge in [0.25, 0.3) is 0 Å². The average Bonchev–Trinajstić information content (AvgIpc) is 2.85. The fraction of sp³-hybridized carbons (Fsp3) is 0.818. The molecule has 0 aromatic rings. The Bertz CT molecular complexity index is 323. The van der Waals surface area contributed by atoms with E-state index in [9.17, 15) is 39.5 Å². The van der Waals surface area contributed by atoms with Gasteiger partial charge < -0.3 is 4.74 Å². The van der Waals surface area contributed by atoms with E-state index in [2.05, 4.69) is 11.3 Å². The molecule has 0 radical (unpaired) electrons. The van der Waals surface area contributed by atoms with Crippen LogP contribution >= 0.6 is 0 Å². The lowest BCUT2D eigenvalue weighted by Crippen LogP contribution is -2.61. The Hall–Kier alpha value is -1.09. The second kappa shape index (κ2) is 6.78. The van der Waals surface area contributed by atoms with Crippen LogP contribution in [0, 0.1) is 0 Å². The first-order valence-electron chi connectivity index (χ1n) is 5.80. The molecule has 1 aliphatic carbocycles. The molecule has 1 saturated carbocycles. The van der Waals surface area contributed by atoms with Gasteiger partial charge in [0.15, 0.2) is 0 Å². The molecule has 0 amide bonds. The highest BCUT2D eigenvalue weighted by Crippen LogP contribution is 2.53. The average molecular weight is 332 g/mol. The number of hydrogen-bond donors (Lipinski definition) is 0. The number of halogens is 9. The van der Waals surface area contributed by atoms with Crippen LogP contribution < -0.4 is 0 Å². The molecule has 1 nitrogen and oxygen atoms in total. The Morgan fingerprint density at radius 3 is 1.24 bits per heavy atom. The van der Waals surface area contributed by atoms with Crippen molar-refractivity contribution in [1.29, 1.82) is 0 Å². The predicted molar refractivity (Wildman–Crippen MR) is 55.3 cm³/mol. The highest BCUT2D eigenvalue weighted by atomic mass is 19.4. The molecule has 1 rings (SSSR count). The minimum absolute atomic E-state index is 0.375. The molecule has 0 N–H and O–H groups in total. The smallest absolute Gasteiger partial charge is 0.436 e. The monoisotopic (exact) mass is 332 g/mol. The summed E-state index contributed by atoms with van der Waals surface area (Å²) in [6.45, 7) is 2.34. The molecule has 0 bridgehead atoms. The zero-order valence-corrected chi connectivity index (χ0v) is 10.6. The normalized spacial score (nSPS) is 17.0. The van der Waals surface area contributed by atoms with Crippen LogP contribution in [0.5, 0.6) is 0 Å². The van der Waals surface area contributed by atoms with Crippen LogP contribution in [-0.4, -0.2) is 24.1 Å². The van der Waals surface area contributed by atoms with E-state index >= 15 is 0 Å². The predicted octanol–water partition coefficient (Wildman–Crippen LogP) is 5.52. The third kappa shape index (κ3) is 4.44. The third-order valence-corrected chi connectivity index (χ3v) is 2.60. The molecule has 21 heavy (non-hydrogen) atoms. The summed E-state index contributed by atoms with van der Waals surface area (Å²) in [6.07, 6.45) is -5.75. The highest BCUT2D eigenvalue weighted by Gasteiger charge is 2.83. The summed E-state index contributed by atoms with van der Waals surface area (Å²) >= 11 is 0. The van der Waals surface area contributed by atoms with E-state index in [0.29, 0.717) is 0 Å². The minimum Gasteiger partial charge on any atom is -0.436 e. The number of ether oxygens (including phenoxy) is 1. The Kier molecular flexibility index (Phi) is 6.43. The first kappa shape index (κ1) is 19.9. The third-order valence-electron chi connectivity index (χ3n) is 2.60. The number of hydrogen-bond acceptors (Lipinski definition) is 1. The lowest BCUT2D eigenvalue weighted by atomic mass is 10.1. The van der Waals surface area contributed by atoms with Crippen molar-refractivity contribution in [3.8, 4) is 0 Å². The largest absolute Gasteiger partial charge is 0.470 e. The van der Waals surface area contributed by atoms with Gasteiger partial charge in [-0.3, -0.25) is 0 Å². The first-order chi connectivity index (χ1) is 9.31. The number of alkyl halides is 9. The maximum absolute atomic E-state index is 12.3. The molecule has 10 heteroatoms. The quantitative estimate of drug-likeness (QED) is 0.486. The fourth-order valence-electron chi connectivity index (χ4n) is 1.42. The summed E-state index contributed by atoms with van der Waals surface area (Å²) in [6, 6.07) is 0. The summed E-state index contributed by atoms with van der Waals surface area (Å²) in [5.41, 5.74) is 0. The van der Waals surface area contributed by atoms with E-state index in [1.165, 1.54) is 32.1 Å². The van der Waals surface area contributed by atoms with Crippen LogP contribution in [-0.2, 0) is 4.74 Å². The van der Waals surface area contributed by atoms with Crippen LogP contribution in [0.15, 0.2) is 12.8 Å². The zero-order chi connectivity index (χ0) is 16.9. The topological polar surface area (TPSA) is 9.23 Å². The van der Waals surface area contributed by atoms with Crippen molar-refractivity contribution in [1.82, 2.24) is 0 Å². The summed E-state index contributed by atoms with van der Waals surface area (Å²) in [5, 5.41) is 0. The molecular weight excluding hydrogens is 319 g/mol. The van der Waals surface area contributed by atoms with Crippen LogP contribution in [0.3, 0.4) is 0 Å². The molecule has 0 unspecified atom stereocenters. The van der Waals surface area contributed by atoms with Gasteiger partial charge >= 0.3 is 24.1 Å². The molecule has 0 aromatic carbocycles. The molecule has 0 saturated heterocycles. The summed E-state index contributed by atoms with van der Waals surface area (Å²) in [7, 11) is 0. The van der Waals surface area contributed by atoms with Crippen molar-refractivity contribution < 1.29 is 44.3 Å². The van der Waals surface area contributed by atoms with Gasteiger partial charge in [0, 0.05) is 0 Å². The van der Waals surface area contributed by atoms with E-state index in [0.717, 1.165) is 0 Å². The summed E-state index contributed by atoms with van der Waals surface area (Å²) in [4.78, 5) is 0. The molecule has 0 atom stereocenters. The van der Waals surface area contributed by atoms with E-state index in [4.69, 9.17) is 0 Å². The Morgan fingerprint density at radius 1 is 0.667 bits per heavy atom. The summed E-state index contributed by atoms with van der Waals surface area (Å²) < 4.78 is 110. The molecule has 1 fully saturated rings. The van der Waals surface area contributed by atoms with Gasteiger partial charge in [0.05, 0.1) is 6.26 Å². The Balaban J connectivity index is 0.000000662.